The van der Waals surface area contributed by atoms with Crippen LogP contribution >= 0.6 is 43.2 Å². The molecule has 1 heterocycles. The first kappa shape index (κ1) is 13.3. The summed E-state index contributed by atoms with van der Waals surface area (Å²) in [6.45, 7) is 2.21. The average Bonchev–Trinajstić information content (AvgIpc) is 2.80. The Morgan fingerprint density at radius 1 is 1.18 bits per heavy atom. The summed E-state index contributed by atoms with van der Waals surface area (Å²) in [7, 11) is 0. The van der Waals surface area contributed by atoms with Crippen LogP contribution in [0.5, 0.6) is 0 Å². The maximum Gasteiger partial charge on any atom is 0.0532 e. The van der Waals surface area contributed by atoms with E-state index in [4.69, 9.17) is 0 Å². The minimum atomic E-state index is 0.429. The van der Waals surface area contributed by atoms with Crippen molar-refractivity contribution < 1.29 is 0 Å². The molecular weight excluding hydrogens is 360 g/mol. The van der Waals surface area contributed by atoms with Crippen LogP contribution in [0.2, 0.25) is 0 Å². The van der Waals surface area contributed by atoms with Gasteiger partial charge in [-0.05, 0) is 47.5 Å². The molecular formula is C14H14Br2S. The molecule has 0 aliphatic heterocycles. The Labute approximate surface area is 123 Å². The molecule has 2 rings (SSSR count). The SMILES string of the molecule is CCc1ccsc1C(Br)Cc1ccc(Br)cc1. The van der Waals surface area contributed by atoms with Crippen molar-refractivity contribution >= 4 is 43.2 Å². The molecule has 0 nitrogen and oxygen atoms in total. The first-order valence-corrected chi connectivity index (χ1v) is 8.24. The van der Waals surface area contributed by atoms with Gasteiger partial charge >= 0.3 is 0 Å². The van der Waals surface area contributed by atoms with Gasteiger partial charge in [0.15, 0.2) is 0 Å². The zero-order valence-electron chi connectivity index (χ0n) is 9.62. The van der Waals surface area contributed by atoms with Gasteiger partial charge < -0.3 is 0 Å². The van der Waals surface area contributed by atoms with Crippen LogP contribution in [0.3, 0.4) is 0 Å². The summed E-state index contributed by atoms with van der Waals surface area (Å²) in [5.74, 6) is 0. The Morgan fingerprint density at radius 3 is 2.53 bits per heavy atom. The number of hydrogen-bond donors (Lipinski definition) is 0. The molecule has 1 unspecified atom stereocenters. The number of hydrogen-bond acceptors (Lipinski definition) is 1. The molecule has 0 fully saturated rings. The lowest BCUT2D eigenvalue weighted by Gasteiger charge is -2.10. The minimum Gasteiger partial charge on any atom is -0.147 e. The number of halogens is 2. The second kappa shape index (κ2) is 6.17. The molecule has 17 heavy (non-hydrogen) atoms. The van der Waals surface area contributed by atoms with Gasteiger partial charge in [0.2, 0.25) is 0 Å². The molecule has 3 heteroatoms. The normalized spacial score (nSPS) is 12.6. The van der Waals surface area contributed by atoms with E-state index in [2.05, 4.69) is 74.5 Å². The standard InChI is InChI=1S/C14H14Br2S/c1-2-11-7-8-17-14(11)13(16)9-10-3-5-12(15)6-4-10/h3-8,13H,2,9H2,1H3. The van der Waals surface area contributed by atoms with E-state index in [-0.39, 0.29) is 0 Å². The monoisotopic (exact) mass is 372 g/mol. The largest absolute Gasteiger partial charge is 0.147 e. The number of rotatable bonds is 4. The fourth-order valence-electron chi connectivity index (χ4n) is 1.83. The van der Waals surface area contributed by atoms with Crippen molar-refractivity contribution in [3.8, 4) is 0 Å². The van der Waals surface area contributed by atoms with Gasteiger partial charge in [-0.3, -0.25) is 0 Å². The molecule has 2 aromatic rings. The summed E-state index contributed by atoms with van der Waals surface area (Å²) < 4.78 is 1.14. The van der Waals surface area contributed by atoms with Crippen molar-refractivity contribution in [1.29, 1.82) is 0 Å². The number of alkyl halides is 1. The van der Waals surface area contributed by atoms with E-state index in [0.717, 1.165) is 17.3 Å². The number of aryl methyl sites for hydroxylation is 1. The smallest absolute Gasteiger partial charge is 0.0532 e. The second-order valence-corrected chi connectivity index (χ2v) is 6.93. The highest BCUT2D eigenvalue weighted by atomic mass is 79.9. The Hall–Kier alpha value is -0.120. The minimum absolute atomic E-state index is 0.429. The summed E-state index contributed by atoms with van der Waals surface area (Å²) in [5.41, 5.74) is 2.83. The molecule has 0 saturated carbocycles. The molecule has 0 N–H and O–H groups in total. The van der Waals surface area contributed by atoms with Crippen LogP contribution in [0.4, 0.5) is 0 Å². The molecule has 0 aliphatic carbocycles. The van der Waals surface area contributed by atoms with Crippen molar-refractivity contribution in [3.05, 3.63) is 56.2 Å². The van der Waals surface area contributed by atoms with Gasteiger partial charge in [0.05, 0.1) is 4.83 Å². The lowest BCUT2D eigenvalue weighted by molar-refractivity contribution is 0.945. The highest BCUT2D eigenvalue weighted by molar-refractivity contribution is 9.10. The van der Waals surface area contributed by atoms with Crippen LogP contribution in [0, 0.1) is 0 Å². The third-order valence-electron chi connectivity index (χ3n) is 2.77. The van der Waals surface area contributed by atoms with Crippen molar-refractivity contribution in [2.75, 3.05) is 0 Å². The molecule has 0 radical (unpaired) electrons. The summed E-state index contributed by atoms with van der Waals surface area (Å²) in [5, 5.41) is 2.18. The third-order valence-corrected chi connectivity index (χ3v) is 5.46. The second-order valence-electron chi connectivity index (χ2n) is 3.96. The van der Waals surface area contributed by atoms with E-state index in [1.807, 2.05) is 11.3 Å². The fraction of sp³-hybridized carbons (Fsp3) is 0.286. The molecule has 0 bridgehead atoms. The Kier molecular flexibility index (Phi) is 4.83. The first-order chi connectivity index (χ1) is 8.20. The molecule has 1 aromatic carbocycles. The predicted octanol–water partition coefficient (Wildman–Crippen LogP) is 5.75. The van der Waals surface area contributed by atoms with E-state index in [0.29, 0.717) is 4.83 Å². The van der Waals surface area contributed by atoms with Gasteiger partial charge in [-0.25, -0.2) is 0 Å². The first-order valence-electron chi connectivity index (χ1n) is 5.65. The van der Waals surface area contributed by atoms with Gasteiger partial charge in [0.1, 0.15) is 0 Å². The molecule has 90 valence electrons. The number of thiophene rings is 1. The quantitative estimate of drug-likeness (QED) is 0.598. The fourth-order valence-corrected chi connectivity index (χ4v) is 4.06. The molecule has 0 saturated heterocycles. The van der Waals surface area contributed by atoms with Crippen molar-refractivity contribution in [2.24, 2.45) is 0 Å². The topological polar surface area (TPSA) is 0 Å². The van der Waals surface area contributed by atoms with Gasteiger partial charge in [-0.15, -0.1) is 11.3 Å². The Bertz CT molecular complexity index is 473. The summed E-state index contributed by atoms with van der Waals surface area (Å²) in [6.07, 6.45) is 2.15. The van der Waals surface area contributed by atoms with E-state index >= 15 is 0 Å². The summed E-state index contributed by atoms with van der Waals surface area (Å²) in [4.78, 5) is 1.90. The lowest BCUT2D eigenvalue weighted by atomic mass is 10.1. The van der Waals surface area contributed by atoms with E-state index in [1.54, 1.807) is 0 Å². The summed E-state index contributed by atoms with van der Waals surface area (Å²) >= 11 is 9.12. The van der Waals surface area contributed by atoms with Gasteiger partial charge in [-0.2, -0.15) is 0 Å². The lowest BCUT2D eigenvalue weighted by Crippen LogP contribution is -1.95. The predicted molar refractivity (Wildman–Crippen MR) is 83.2 cm³/mol. The average molecular weight is 374 g/mol. The van der Waals surface area contributed by atoms with E-state index in [9.17, 15) is 0 Å². The number of benzene rings is 1. The Balaban J connectivity index is 2.11. The highest BCUT2D eigenvalue weighted by Gasteiger charge is 2.13. The van der Waals surface area contributed by atoms with Crippen molar-refractivity contribution in [1.82, 2.24) is 0 Å². The molecule has 0 amide bonds. The van der Waals surface area contributed by atoms with Crippen LogP contribution in [0.15, 0.2) is 40.2 Å². The maximum absolute atomic E-state index is 3.81. The molecule has 1 atom stereocenters. The third kappa shape index (κ3) is 3.43. The van der Waals surface area contributed by atoms with Crippen molar-refractivity contribution in [2.45, 2.75) is 24.6 Å². The van der Waals surface area contributed by atoms with Gasteiger partial charge in [0.25, 0.3) is 0 Å². The van der Waals surface area contributed by atoms with Crippen LogP contribution in [-0.2, 0) is 12.8 Å². The van der Waals surface area contributed by atoms with Gasteiger partial charge in [0, 0.05) is 9.35 Å². The van der Waals surface area contributed by atoms with Gasteiger partial charge in [-0.1, -0.05) is 50.9 Å². The van der Waals surface area contributed by atoms with Crippen LogP contribution in [-0.4, -0.2) is 0 Å². The van der Waals surface area contributed by atoms with Crippen molar-refractivity contribution in [3.63, 3.8) is 0 Å². The zero-order chi connectivity index (χ0) is 12.3. The summed E-state index contributed by atoms with van der Waals surface area (Å²) in [6, 6.07) is 10.8. The van der Waals surface area contributed by atoms with E-state index in [1.165, 1.54) is 16.0 Å². The Morgan fingerprint density at radius 2 is 1.88 bits per heavy atom. The van der Waals surface area contributed by atoms with Crippen LogP contribution in [0.25, 0.3) is 0 Å². The van der Waals surface area contributed by atoms with Crippen LogP contribution < -0.4 is 0 Å². The maximum atomic E-state index is 3.81. The van der Waals surface area contributed by atoms with E-state index < -0.39 is 0 Å². The highest BCUT2D eigenvalue weighted by Crippen LogP contribution is 2.34. The molecule has 1 aromatic heterocycles. The molecule has 0 spiro atoms. The zero-order valence-corrected chi connectivity index (χ0v) is 13.6. The van der Waals surface area contributed by atoms with Crippen LogP contribution in [0.1, 0.15) is 27.8 Å². The molecule has 0 aliphatic rings.